The maximum atomic E-state index is 11.8. The molecule has 2 N–H and O–H groups in total. The molecule has 0 spiro atoms. The first kappa shape index (κ1) is 13.7. The summed E-state index contributed by atoms with van der Waals surface area (Å²) in [6.07, 6.45) is 2.03. The molecule has 104 valence electrons. The topological polar surface area (TPSA) is 64.8 Å². The van der Waals surface area contributed by atoms with Crippen molar-refractivity contribution < 1.29 is 14.3 Å². The molecule has 0 atom stereocenters. The predicted molar refractivity (Wildman–Crippen MR) is 71.9 cm³/mol. The lowest BCUT2D eigenvalue weighted by atomic mass is 10.1. The Balaban J connectivity index is 2.05. The number of nitrogens with two attached hydrogens (primary N) is 1. The fourth-order valence-corrected chi connectivity index (χ4v) is 2.03. The number of nitrogens with zero attached hydrogens (tertiary/aromatic N) is 1. The predicted octanol–water partition coefficient (Wildman–Crippen LogP) is 1.50. The zero-order chi connectivity index (χ0) is 13.7. The van der Waals surface area contributed by atoms with Gasteiger partial charge in [-0.25, -0.2) is 0 Å². The Hall–Kier alpha value is -1.75. The van der Waals surface area contributed by atoms with Gasteiger partial charge in [-0.15, -0.1) is 0 Å². The first-order chi connectivity index (χ1) is 9.24. The highest BCUT2D eigenvalue weighted by atomic mass is 16.7. The summed E-state index contributed by atoms with van der Waals surface area (Å²) in [5.74, 6) is 1.48. The van der Waals surface area contributed by atoms with Crippen molar-refractivity contribution in [2.45, 2.75) is 26.3 Å². The van der Waals surface area contributed by atoms with Crippen LogP contribution >= 0.6 is 0 Å². The third-order valence-corrected chi connectivity index (χ3v) is 3.12. The van der Waals surface area contributed by atoms with Crippen LogP contribution in [0.25, 0.3) is 0 Å². The molecule has 2 rings (SSSR count). The minimum Gasteiger partial charge on any atom is -0.454 e. The Kier molecular flexibility index (Phi) is 4.63. The third kappa shape index (κ3) is 3.38. The number of carbonyl (C=O) groups is 1. The molecule has 0 unspecified atom stereocenters. The molecule has 5 nitrogen and oxygen atoms in total. The SMILES string of the molecule is CCCCN(Cc1ccc2c(c1)OCO2)C(=O)CN. The van der Waals surface area contributed by atoms with E-state index >= 15 is 0 Å². The highest BCUT2D eigenvalue weighted by Crippen LogP contribution is 2.32. The molecule has 1 aromatic carbocycles. The molecule has 5 heteroatoms. The summed E-state index contributed by atoms with van der Waals surface area (Å²) in [6.45, 7) is 3.72. The quantitative estimate of drug-likeness (QED) is 0.845. The van der Waals surface area contributed by atoms with Crippen molar-refractivity contribution in [2.24, 2.45) is 5.73 Å². The molecule has 1 heterocycles. The van der Waals surface area contributed by atoms with Crippen LogP contribution in [0.5, 0.6) is 11.5 Å². The van der Waals surface area contributed by atoms with E-state index in [2.05, 4.69) is 6.92 Å². The fourth-order valence-electron chi connectivity index (χ4n) is 2.03. The molecule has 1 amide bonds. The van der Waals surface area contributed by atoms with Gasteiger partial charge >= 0.3 is 0 Å². The molecule has 19 heavy (non-hydrogen) atoms. The van der Waals surface area contributed by atoms with Gasteiger partial charge in [-0.3, -0.25) is 4.79 Å². The molecule has 0 bridgehead atoms. The normalized spacial score (nSPS) is 12.5. The first-order valence-electron chi connectivity index (χ1n) is 6.61. The summed E-state index contributed by atoms with van der Waals surface area (Å²) < 4.78 is 10.6. The monoisotopic (exact) mass is 264 g/mol. The van der Waals surface area contributed by atoms with E-state index in [9.17, 15) is 4.79 Å². The average Bonchev–Trinajstić information content (AvgIpc) is 2.90. The van der Waals surface area contributed by atoms with Gasteiger partial charge in [0.05, 0.1) is 6.54 Å². The number of amides is 1. The second-order valence-corrected chi connectivity index (χ2v) is 4.56. The molecule has 0 saturated carbocycles. The maximum Gasteiger partial charge on any atom is 0.236 e. The van der Waals surface area contributed by atoms with Gasteiger partial charge in [0.15, 0.2) is 11.5 Å². The Morgan fingerprint density at radius 3 is 2.89 bits per heavy atom. The lowest BCUT2D eigenvalue weighted by Crippen LogP contribution is -2.36. The molecule has 0 aliphatic carbocycles. The molecule has 1 aliphatic rings. The van der Waals surface area contributed by atoms with Crippen LogP contribution in [0.4, 0.5) is 0 Å². The number of benzene rings is 1. The van der Waals surface area contributed by atoms with E-state index < -0.39 is 0 Å². The van der Waals surface area contributed by atoms with Crippen molar-refractivity contribution in [3.8, 4) is 11.5 Å². The highest BCUT2D eigenvalue weighted by Gasteiger charge is 2.16. The van der Waals surface area contributed by atoms with Crippen LogP contribution in [0.2, 0.25) is 0 Å². The molecule has 0 radical (unpaired) electrons. The van der Waals surface area contributed by atoms with Crippen LogP contribution in [-0.4, -0.2) is 30.7 Å². The Morgan fingerprint density at radius 2 is 2.16 bits per heavy atom. The van der Waals surface area contributed by atoms with Gasteiger partial charge in [0.25, 0.3) is 0 Å². The number of fused-ring (bicyclic) bond motifs is 1. The van der Waals surface area contributed by atoms with Crippen molar-refractivity contribution in [2.75, 3.05) is 19.9 Å². The van der Waals surface area contributed by atoms with Crippen LogP contribution < -0.4 is 15.2 Å². The summed E-state index contributed by atoms with van der Waals surface area (Å²) in [5, 5.41) is 0. The molecule has 1 aliphatic heterocycles. The van der Waals surface area contributed by atoms with E-state index in [0.717, 1.165) is 36.4 Å². The summed E-state index contributed by atoms with van der Waals surface area (Å²) in [6, 6.07) is 5.75. The minimum atomic E-state index is -0.0221. The van der Waals surface area contributed by atoms with Crippen LogP contribution in [0.15, 0.2) is 18.2 Å². The second-order valence-electron chi connectivity index (χ2n) is 4.56. The van der Waals surface area contributed by atoms with E-state index in [1.165, 1.54) is 0 Å². The van der Waals surface area contributed by atoms with Crippen LogP contribution in [0.1, 0.15) is 25.3 Å². The van der Waals surface area contributed by atoms with Crippen molar-refractivity contribution in [1.82, 2.24) is 4.90 Å². The lowest BCUT2D eigenvalue weighted by molar-refractivity contribution is -0.130. The van der Waals surface area contributed by atoms with Crippen LogP contribution in [0.3, 0.4) is 0 Å². The summed E-state index contributed by atoms with van der Waals surface area (Å²) in [7, 11) is 0. The standard InChI is InChI=1S/C14H20N2O3/c1-2-3-6-16(14(17)8-15)9-11-4-5-12-13(7-11)19-10-18-12/h4-5,7H,2-3,6,8-10,15H2,1H3. The van der Waals surface area contributed by atoms with E-state index in [4.69, 9.17) is 15.2 Å². The van der Waals surface area contributed by atoms with Crippen molar-refractivity contribution >= 4 is 5.91 Å². The Morgan fingerprint density at radius 1 is 1.37 bits per heavy atom. The average molecular weight is 264 g/mol. The maximum absolute atomic E-state index is 11.8. The zero-order valence-electron chi connectivity index (χ0n) is 11.2. The zero-order valence-corrected chi connectivity index (χ0v) is 11.2. The highest BCUT2D eigenvalue weighted by molar-refractivity contribution is 5.78. The van der Waals surface area contributed by atoms with Crippen molar-refractivity contribution in [3.63, 3.8) is 0 Å². The lowest BCUT2D eigenvalue weighted by Gasteiger charge is -2.22. The van der Waals surface area contributed by atoms with Gasteiger partial charge in [0.1, 0.15) is 0 Å². The van der Waals surface area contributed by atoms with Gasteiger partial charge in [0, 0.05) is 13.1 Å². The number of rotatable bonds is 6. The molecular weight excluding hydrogens is 244 g/mol. The van der Waals surface area contributed by atoms with Gasteiger partial charge in [0.2, 0.25) is 12.7 Å². The van der Waals surface area contributed by atoms with Gasteiger partial charge in [-0.1, -0.05) is 19.4 Å². The number of unbranched alkanes of at least 4 members (excludes halogenated alkanes) is 1. The first-order valence-corrected chi connectivity index (χ1v) is 6.61. The largest absolute Gasteiger partial charge is 0.454 e. The molecule has 1 aromatic rings. The van der Waals surface area contributed by atoms with Crippen LogP contribution in [-0.2, 0) is 11.3 Å². The summed E-state index contributed by atoms with van der Waals surface area (Å²) in [4.78, 5) is 13.6. The number of ether oxygens (including phenoxy) is 2. The van der Waals surface area contributed by atoms with Gasteiger partial charge < -0.3 is 20.1 Å². The van der Waals surface area contributed by atoms with Crippen LogP contribution in [0, 0.1) is 0 Å². The number of hydrogen-bond donors (Lipinski definition) is 1. The number of carbonyl (C=O) groups excluding carboxylic acids is 1. The molecular formula is C14H20N2O3. The van der Waals surface area contributed by atoms with Crippen molar-refractivity contribution in [3.05, 3.63) is 23.8 Å². The fraction of sp³-hybridized carbons (Fsp3) is 0.500. The Labute approximate surface area is 113 Å². The molecule has 0 saturated heterocycles. The van der Waals surface area contributed by atoms with E-state index in [1.807, 2.05) is 18.2 Å². The number of hydrogen-bond acceptors (Lipinski definition) is 4. The van der Waals surface area contributed by atoms with Gasteiger partial charge in [-0.2, -0.15) is 0 Å². The summed E-state index contributed by atoms with van der Waals surface area (Å²) >= 11 is 0. The van der Waals surface area contributed by atoms with E-state index in [-0.39, 0.29) is 19.2 Å². The minimum absolute atomic E-state index is 0.0221. The Bertz CT molecular complexity index is 448. The molecule has 0 aromatic heterocycles. The third-order valence-electron chi connectivity index (χ3n) is 3.12. The van der Waals surface area contributed by atoms with Crippen molar-refractivity contribution in [1.29, 1.82) is 0 Å². The second kappa shape index (κ2) is 6.43. The van der Waals surface area contributed by atoms with Gasteiger partial charge in [-0.05, 0) is 24.1 Å². The molecule has 0 fully saturated rings. The van der Waals surface area contributed by atoms with E-state index in [1.54, 1.807) is 4.90 Å². The summed E-state index contributed by atoms with van der Waals surface area (Å²) in [5.41, 5.74) is 6.48. The smallest absolute Gasteiger partial charge is 0.236 e. The van der Waals surface area contributed by atoms with E-state index in [0.29, 0.717) is 6.54 Å².